The van der Waals surface area contributed by atoms with Crippen LogP contribution in [0.4, 0.5) is 4.79 Å². The summed E-state index contributed by atoms with van der Waals surface area (Å²) in [5.41, 5.74) is 1.01. The minimum atomic E-state index is -0.803. The van der Waals surface area contributed by atoms with E-state index < -0.39 is 5.97 Å². The Morgan fingerprint density at radius 2 is 2.05 bits per heavy atom. The molecule has 2 atom stereocenters. The number of amides is 2. The molecule has 1 rings (SSSR count). The van der Waals surface area contributed by atoms with Crippen molar-refractivity contribution in [1.82, 2.24) is 10.6 Å². The minimum absolute atomic E-state index is 0.0968. The summed E-state index contributed by atoms with van der Waals surface area (Å²) in [7, 11) is 0. The predicted molar refractivity (Wildman–Crippen MR) is 85.1 cm³/mol. The van der Waals surface area contributed by atoms with Gasteiger partial charge in [0.25, 0.3) is 0 Å². The zero-order valence-electron chi connectivity index (χ0n) is 12.2. The van der Waals surface area contributed by atoms with E-state index in [0.717, 1.165) is 10.0 Å². The average molecular weight is 357 g/mol. The number of carboxylic acid groups (broad SMARTS) is 1. The highest BCUT2D eigenvalue weighted by atomic mass is 79.9. The lowest BCUT2D eigenvalue weighted by Crippen LogP contribution is -2.37. The molecule has 0 aliphatic carbocycles. The van der Waals surface area contributed by atoms with E-state index in [9.17, 15) is 9.59 Å². The first-order valence-electron chi connectivity index (χ1n) is 6.92. The van der Waals surface area contributed by atoms with Crippen LogP contribution in [0.2, 0.25) is 0 Å². The second kappa shape index (κ2) is 8.67. The van der Waals surface area contributed by atoms with Gasteiger partial charge in [-0.2, -0.15) is 0 Å². The Hall–Kier alpha value is -1.56. The van der Waals surface area contributed by atoms with E-state index in [1.807, 2.05) is 31.2 Å². The number of carboxylic acids is 1. The van der Waals surface area contributed by atoms with E-state index in [1.54, 1.807) is 6.92 Å². The third-order valence-corrected chi connectivity index (χ3v) is 3.71. The molecule has 21 heavy (non-hydrogen) atoms. The lowest BCUT2D eigenvalue weighted by Gasteiger charge is -2.15. The summed E-state index contributed by atoms with van der Waals surface area (Å²) < 4.78 is 0.969. The molecule has 116 valence electrons. The molecule has 0 saturated carbocycles. The molecule has 0 spiro atoms. The fourth-order valence-corrected chi connectivity index (χ4v) is 2.26. The van der Waals surface area contributed by atoms with Crippen molar-refractivity contribution in [3.05, 3.63) is 34.3 Å². The van der Waals surface area contributed by atoms with E-state index in [2.05, 4.69) is 26.6 Å². The van der Waals surface area contributed by atoms with E-state index >= 15 is 0 Å². The molecule has 1 aromatic rings. The number of carbonyl (C=O) groups is 2. The van der Waals surface area contributed by atoms with Gasteiger partial charge in [0, 0.05) is 11.0 Å². The standard InChI is InChI=1S/C15H21BrN2O3/c1-10(14(19)20)5-4-8-17-15(21)18-11(2)12-6-3-7-13(16)9-12/h3,6-7,9-11H,4-5,8H2,1-2H3,(H,19,20)(H2,17,18,21). The van der Waals surface area contributed by atoms with Gasteiger partial charge in [0.1, 0.15) is 0 Å². The quantitative estimate of drug-likeness (QED) is 0.655. The molecule has 2 amide bonds. The molecule has 2 unspecified atom stereocenters. The SMILES string of the molecule is CC(CCCNC(=O)NC(C)c1cccc(Br)c1)C(=O)O. The molecule has 5 nitrogen and oxygen atoms in total. The maximum Gasteiger partial charge on any atom is 0.315 e. The summed E-state index contributed by atoms with van der Waals surface area (Å²) in [5, 5.41) is 14.3. The van der Waals surface area contributed by atoms with Crippen LogP contribution in [0.15, 0.2) is 28.7 Å². The molecule has 0 aliphatic rings. The fraction of sp³-hybridized carbons (Fsp3) is 0.467. The molecule has 0 fully saturated rings. The molecule has 3 N–H and O–H groups in total. The van der Waals surface area contributed by atoms with Crippen molar-refractivity contribution in [2.45, 2.75) is 32.7 Å². The van der Waals surface area contributed by atoms with Crippen molar-refractivity contribution in [1.29, 1.82) is 0 Å². The molecular formula is C15H21BrN2O3. The summed E-state index contributed by atoms with van der Waals surface area (Å²) >= 11 is 3.40. The number of aliphatic carboxylic acids is 1. The third kappa shape index (κ3) is 6.62. The van der Waals surface area contributed by atoms with Crippen LogP contribution in [0, 0.1) is 5.92 Å². The number of carbonyl (C=O) groups excluding carboxylic acids is 1. The zero-order valence-corrected chi connectivity index (χ0v) is 13.8. The number of nitrogens with one attached hydrogen (secondary N) is 2. The Morgan fingerprint density at radius 1 is 1.33 bits per heavy atom. The van der Waals surface area contributed by atoms with Gasteiger partial charge in [-0.25, -0.2) is 4.79 Å². The van der Waals surface area contributed by atoms with Crippen LogP contribution in [0.3, 0.4) is 0 Å². The van der Waals surface area contributed by atoms with Crippen molar-refractivity contribution in [3.63, 3.8) is 0 Å². The van der Waals surface area contributed by atoms with Gasteiger partial charge in [-0.05, 0) is 37.5 Å². The summed E-state index contributed by atoms with van der Waals surface area (Å²) in [6.07, 6.45) is 1.20. The molecular weight excluding hydrogens is 336 g/mol. The second-order valence-electron chi connectivity index (χ2n) is 5.06. The van der Waals surface area contributed by atoms with Crippen LogP contribution in [0.1, 0.15) is 38.3 Å². The molecule has 0 radical (unpaired) electrons. The topological polar surface area (TPSA) is 78.4 Å². The molecule has 6 heteroatoms. The van der Waals surface area contributed by atoms with Crippen LogP contribution in [0.25, 0.3) is 0 Å². The fourth-order valence-electron chi connectivity index (χ4n) is 1.84. The molecule has 0 bridgehead atoms. The maximum absolute atomic E-state index is 11.7. The predicted octanol–water partition coefficient (Wildman–Crippen LogP) is 3.31. The average Bonchev–Trinajstić information content (AvgIpc) is 2.43. The largest absolute Gasteiger partial charge is 0.481 e. The summed E-state index contributed by atoms with van der Waals surface area (Å²) in [6.45, 7) is 4.04. The van der Waals surface area contributed by atoms with E-state index in [1.165, 1.54) is 0 Å². The highest BCUT2D eigenvalue weighted by Crippen LogP contribution is 2.17. The Kier molecular flexibility index (Phi) is 7.22. The van der Waals surface area contributed by atoms with Crippen molar-refractivity contribution >= 4 is 27.9 Å². The summed E-state index contributed by atoms with van der Waals surface area (Å²) in [5.74, 6) is -1.18. The van der Waals surface area contributed by atoms with Gasteiger partial charge in [0.2, 0.25) is 0 Å². The van der Waals surface area contributed by atoms with E-state index in [-0.39, 0.29) is 18.0 Å². The minimum Gasteiger partial charge on any atom is -0.481 e. The zero-order chi connectivity index (χ0) is 15.8. The van der Waals surface area contributed by atoms with Crippen LogP contribution in [0.5, 0.6) is 0 Å². The number of rotatable bonds is 7. The van der Waals surface area contributed by atoms with Crippen LogP contribution < -0.4 is 10.6 Å². The van der Waals surface area contributed by atoms with Gasteiger partial charge in [-0.1, -0.05) is 35.0 Å². The number of hydrogen-bond acceptors (Lipinski definition) is 2. The van der Waals surface area contributed by atoms with Gasteiger partial charge in [-0.3, -0.25) is 4.79 Å². The Bertz CT molecular complexity index is 494. The second-order valence-corrected chi connectivity index (χ2v) is 5.97. The third-order valence-electron chi connectivity index (χ3n) is 3.22. The Morgan fingerprint density at radius 3 is 2.67 bits per heavy atom. The van der Waals surface area contributed by atoms with Gasteiger partial charge in [0.05, 0.1) is 12.0 Å². The van der Waals surface area contributed by atoms with E-state index in [4.69, 9.17) is 5.11 Å². The van der Waals surface area contributed by atoms with E-state index in [0.29, 0.717) is 19.4 Å². The van der Waals surface area contributed by atoms with Gasteiger partial charge < -0.3 is 15.7 Å². The molecule has 0 aromatic heterocycles. The van der Waals surface area contributed by atoms with Crippen molar-refractivity contribution in [3.8, 4) is 0 Å². The van der Waals surface area contributed by atoms with Crippen molar-refractivity contribution < 1.29 is 14.7 Å². The summed E-state index contributed by atoms with van der Waals surface area (Å²) in [4.78, 5) is 22.4. The molecule has 0 saturated heterocycles. The normalized spacial score (nSPS) is 13.3. The highest BCUT2D eigenvalue weighted by Gasteiger charge is 2.11. The highest BCUT2D eigenvalue weighted by molar-refractivity contribution is 9.10. The summed E-state index contributed by atoms with van der Waals surface area (Å²) in [6, 6.07) is 7.41. The first kappa shape index (κ1) is 17.5. The number of halogens is 1. The Labute approximate surface area is 133 Å². The van der Waals surface area contributed by atoms with Gasteiger partial charge in [-0.15, -0.1) is 0 Å². The van der Waals surface area contributed by atoms with Crippen LogP contribution >= 0.6 is 15.9 Å². The molecule has 0 aliphatic heterocycles. The number of urea groups is 1. The van der Waals surface area contributed by atoms with Gasteiger partial charge >= 0.3 is 12.0 Å². The number of hydrogen-bond donors (Lipinski definition) is 3. The Balaban J connectivity index is 2.29. The lowest BCUT2D eigenvalue weighted by atomic mass is 10.1. The first-order valence-corrected chi connectivity index (χ1v) is 7.72. The van der Waals surface area contributed by atoms with Crippen molar-refractivity contribution in [2.75, 3.05) is 6.54 Å². The van der Waals surface area contributed by atoms with Gasteiger partial charge in [0.15, 0.2) is 0 Å². The maximum atomic E-state index is 11.7. The smallest absolute Gasteiger partial charge is 0.315 e. The number of benzene rings is 1. The molecule has 0 heterocycles. The lowest BCUT2D eigenvalue weighted by molar-refractivity contribution is -0.141. The van der Waals surface area contributed by atoms with Crippen LogP contribution in [-0.2, 0) is 4.79 Å². The first-order chi connectivity index (χ1) is 9.90. The van der Waals surface area contributed by atoms with Crippen LogP contribution in [-0.4, -0.2) is 23.7 Å². The van der Waals surface area contributed by atoms with Crippen molar-refractivity contribution in [2.24, 2.45) is 5.92 Å². The monoisotopic (exact) mass is 356 g/mol. The molecule has 1 aromatic carbocycles.